The van der Waals surface area contributed by atoms with Gasteiger partial charge in [-0.25, -0.2) is 4.79 Å². The number of phenols is 1. The van der Waals surface area contributed by atoms with Gasteiger partial charge in [-0.2, -0.15) is 0 Å². The van der Waals surface area contributed by atoms with E-state index in [1.807, 2.05) is 0 Å². The molecule has 1 rings (SSSR count). The Balaban J connectivity index is 3.19. The number of aromatic hydroxyl groups is 1. The van der Waals surface area contributed by atoms with Gasteiger partial charge >= 0.3 is 5.97 Å². The van der Waals surface area contributed by atoms with Crippen molar-refractivity contribution in [2.24, 2.45) is 0 Å². The first-order valence-electron chi connectivity index (χ1n) is 4.93. The number of phenolic OH excluding ortho intramolecular Hbond substituents is 1. The van der Waals surface area contributed by atoms with Crippen LogP contribution in [-0.2, 0) is 9.53 Å². The molecule has 100 valence electrons. The highest BCUT2D eigenvalue weighted by molar-refractivity contribution is 9.10. The van der Waals surface area contributed by atoms with Gasteiger partial charge in [-0.05, 0) is 12.1 Å². The first-order chi connectivity index (χ1) is 8.43. The Labute approximate surface area is 112 Å². The summed E-state index contributed by atoms with van der Waals surface area (Å²) in [4.78, 5) is 11.1. The number of rotatable bonds is 4. The molecule has 0 saturated heterocycles. The molecule has 0 fully saturated rings. The Morgan fingerprint density at radius 3 is 2.44 bits per heavy atom. The van der Waals surface area contributed by atoms with E-state index >= 15 is 0 Å². The number of aliphatic hydroxyl groups is 2. The number of aliphatic hydroxyl groups excluding tert-OH is 2. The number of carbonyl (C=O) groups is 1. The summed E-state index contributed by atoms with van der Waals surface area (Å²) in [6, 6.07) is 2.99. The van der Waals surface area contributed by atoms with E-state index in [-0.39, 0.29) is 17.1 Å². The second-order valence-electron chi connectivity index (χ2n) is 3.42. The molecule has 0 spiro atoms. The zero-order valence-electron chi connectivity index (χ0n) is 9.75. The van der Waals surface area contributed by atoms with Gasteiger partial charge in [-0.3, -0.25) is 0 Å². The van der Waals surface area contributed by atoms with Crippen LogP contribution in [0.5, 0.6) is 11.5 Å². The zero-order valence-corrected chi connectivity index (χ0v) is 11.3. The van der Waals surface area contributed by atoms with Crippen LogP contribution in [0.4, 0.5) is 0 Å². The third-order valence-electron chi connectivity index (χ3n) is 2.38. The Kier molecular flexibility index (Phi) is 4.94. The monoisotopic (exact) mass is 320 g/mol. The van der Waals surface area contributed by atoms with Gasteiger partial charge < -0.3 is 24.8 Å². The Hall–Kier alpha value is -1.31. The average Bonchev–Trinajstić information content (AvgIpc) is 2.37. The topological polar surface area (TPSA) is 96.2 Å². The van der Waals surface area contributed by atoms with E-state index in [9.17, 15) is 20.1 Å². The largest absolute Gasteiger partial charge is 0.504 e. The summed E-state index contributed by atoms with van der Waals surface area (Å²) in [6.07, 6.45) is -3.44. The second kappa shape index (κ2) is 6.03. The number of hydrogen-bond donors (Lipinski definition) is 3. The van der Waals surface area contributed by atoms with Crippen molar-refractivity contribution < 1.29 is 29.6 Å². The minimum absolute atomic E-state index is 0.0488. The number of halogens is 1. The van der Waals surface area contributed by atoms with Gasteiger partial charge in [0.25, 0.3) is 0 Å². The van der Waals surface area contributed by atoms with E-state index in [0.29, 0.717) is 4.47 Å². The van der Waals surface area contributed by atoms with Crippen molar-refractivity contribution >= 4 is 21.9 Å². The molecule has 1 aromatic carbocycles. The fourth-order valence-corrected chi connectivity index (χ4v) is 1.97. The van der Waals surface area contributed by atoms with Crippen LogP contribution < -0.4 is 4.74 Å². The van der Waals surface area contributed by atoms with Gasteiger partial charge in [0, 0.05) is 10.0 Å². The molecule has 6 nitrogen and oxygen atoms in total. The Morgan fingerprint density at radius 1 is 1.33 bits per heavy atom. The predicted octanol–water partition coefficient (Wildman–Crippen LogP) is 0.731. The summed E-state index contributed by atoms with van der Waals surface area (Å²) < 4.78 is 9.52. The van der Waals surface area contributed by atoms with Crippen molar-refractivity contribution in [1.82, 2.24) is 0 Å². The highest BCUT2D eigenvalue weighted by atomic mass is 79.9. The molecule has 0 heterocycles. The molecule has 0 bridgehead atoms. The highest BCUT2D eigenvalue weighted by Crippen LogP contribution is 2.40. The van der Waals surface area contributed by atoms with Gasteiger partial charge in [0.2, 0.25) is 0 Å². The van der Waals surface area contributed by atoms with Crippen molar-refractivity contribution in [2.45, 2.75) is 12.2 Å². The lowest BCUT2D eigenvalue weighted by molar-refractivity contribution is -0.156. The molecule has 18 heavy (non-hydrogen) atoms. The highest BCUT2D eigenvalue weighted by Gasteiger charge is 2.31. The van der Waals surface area contributed by atoms with E-state index in [1.165, 1.54) is 19.2 Å². The molecule has 0 amide bonds. The molecule has 0 aliphatic carbocycles. The van der Waals surface area contributed by atoms with E-state index in [0.717, 1.165) is 7.11 Å². The summed E-state index contributed by atoms with van der Waals surface area (Å²) in [6.45, 7) is 0. The summed E-state index contributed by atoms with van der Waals surface area (Å²) in [7, 11) is 2.43. The fourth-order valence-electron chi connectivity index (χ4n) is 1.42. The molecule has 7 heteroatoms. The molecule has 0 aliphatic rings. The van der Waals surface area contributed by atoms with Crippen LogP contribution in [0.15, 0.2) is 16.6 Å². The van der Waals surface area contributed by atoms with Gasteiger partial charge in [0.05, 0.1) is 14.2 Å². The number of hydrogen-bond acceptors (Lipinski definition) is 6. The predicted molar refractivity (Wildman–Crippen MR) is 65.3 cm³/mol. The fraction of sp³-hybridized carbons (Fsp3) is 0.364. The molecule has 0 radical (unpaired) electrons. The zero-order chi connectivity index (χ0) is 13.9. The van der Waals surface area contributed by atoms with Gasteiger partial charge in [0.15, 0.2) is 17.6 Å². The maximum Gasteiger partial charge on any atom is 0.337 e. The maximum atomic E-state index is 11.1. The normalized spacial score (nSPS) is 13.8. The smallest absolute Gasteiger partial charge is 0.337 e. The molecule has 1 aromatic rings. The van der Waals surface area contributed by atoms with Gasteiger partial charge in [-0.1, -0.05) is 15.9 Å². The van der Waals surface area contributed by atoms with Gasteiger partial charge in [0.1, 0.15) is 6.10 Å². The number of ether oxygens (including phenoxy) is 2. The number of carbonyl (C=O) groups excluding carboxylic acids is 1. The average molecular weight is 321 g/mol. The quantitative estimate of drug-likeness (QED) is 0.708. The Bertz CT molecular complexity index is 447. The van der Waals surface area contributed by atoms with Crippen LogP contribution in [0.25, 0.3) is 0 Å². The molecule has 2 atom stereocenters. The molecule has 0 saturated carbocycles. The van der Waals surface area contributed by atoms with Crippen LogP contribution in [0.3, 0.4) is 0 Å². The standard InChI is InChI=1S/C11H13BrO6/c1-17-6-4-3-5(12)7(8(6)13)9(14)10(15)11(16)18-2/h3-4,9-10,13-15H,1-2H3. The third-order valence-corrected chi connectivity index (χ3v) is 3.08. The van der Waals surface area contributed by atoms with Crippen molar-refractivity contribution in [3.8, 4) is 11.5 Å². The SMILES string of the molecule is COC(=O)C(O)C(O)c1c(Br)ccc(OC)c1O. The third kappa shape index (κ3) is 2.74. The van der Waals surface area contributed by atoms with Crippen LogP contribution in [-0.4, -0.2) is 41.6 Å². The maximum absolute atomic E-state index is 11.1. The minimum Gasteiger partial charge on any atom is -0.504 e. The molecular weight excluding hydrogens is 308 g/mol. The van der Waals surface area contributed by atoms with Crippen molar-refractivity contribution in [3.05, 3.63) is 22.2 Å². The first-order valence-corrected chi connectivity index (χ1v) is 5.72. The van der Waals surface area contributed by atoms with Crippen LogP contribution in [0.1, 0.15) is 11.7 Å². The molecular formula is C11H13BrO6. The van der Waals surface area contributed by atoms with E-state index in [2.05, 4.69) is 20.7 Å². The van der Waals surface area contributed by atoms with Crippen LogP contribution in [0.2, 0.25) is 0 Å². The molecule has 3 N–H and O–H groups in total. The van der Waals surface area contributed by atoms with Crippen LogP contribution >= 0.6 is 15.9 Å². The number of esters is 1. The molecule has 2 unspecified atom stereocenters. The van der Waals surface area contributed by atoms with Crippen molar-refractivity contribution in [2.75, 3.05) is 14.2 Å². The molecule has 0 aliphatic heterocycles. The number of benzene rings is 1. The van der Waals surface area contributed by atoms with E-state index in [4.69, 9.17) is 4.74 Å². The lowest BCUT2D eigenvalue weighted by atomic mass is 10.0. The summed E-state index contributed by atoms with van der Waals surface area (Å²) in [5.74, 6) is -1.25. The van der Waals surface area contributed by atoms with E-state index in [1.54, 1.807) is 0 Å². The Morgan fingerprint density at radius 2 is 1.94 bits per heavy atom. The lowest BCUT2D eigenvalue weighted by Gasteiger charge is -2.19. The number of methoxy groups -OCH3 is 2. The van der Waals surface area contributed by atoms with E-state index < -0.39 is 18.2 Å². The second-order valence-corrected chi connectivity index (χ2v) is 4.28. The first kappa shape index (κ1) is 14.7. The summed E-state index contributed by atoms with van der Waals surface area (Å²) in [5, 5.41) is 29.3. The van der Waals surface area contributed by atoms with Crippen LogP contribution in [0, 0.1) is 0 Å². The van der Waals surface area contributed by atoms with Gasteiger partial charge in [-0.15, -0.1) is 0 Å². The van der Waals surface area contributed by atoms with Crippen molar-refractivity contribution in [1.29, 1.82) is 0 Å². The summed E-state index contributed by atoms with van der Waals surface area (Å²) in [5.41, 5.74) is -0.0488. The lowest BCUT2D eigenvalue weighted by Crippen LogP contribution is -2.29. The summed E-state index contributed by atoms with van der Waals surface area (Å²) >= 11 is 3.11. The molecule has 0 aromatic heterocycles. The van der Waals surface area contributed by atoms with Crippen molar-refractivity contribution in [3.63, 3.8) is 0 Å². The minimum atomic E-state index is -1.80.